The average molecular weight is 1220 g/mol. The van der Waals surface area contributed by atoms with Crippen LogP contribution < -0.4 is 45.3 Å². The number of rotatable bonds is 52. The molecule has 0 aliphatic carbocycles. The van der Waals surface area contributed by atoms with E-state index in [2.05, 4.69) is 24.5 Å². The summed E-state index contributed by atoms with van der Waals surface area (Å²) >= 11 is 0. The van der Waals surface area contributed by atoms with Gasteiger partial charge in [-0.3, -0.25) is 9.59 Å². The van der Waals surface area contributed by atoms with Crippen molar-refractivity contribution in [3.05, 3.63) is 35.9 Å². The van der Waals surface area contributed by atoms with Crippen LogP contribution >= 0.6 is 0 Å². The summed E-state index contributed by atoms with van der Waals surface area (Å²) in [4.78, 5) is 38.6. The summed E-state index contributed by atoms with van der Waals surface area (Å²) < 4.78 is 30.2. The fourth-order valence-corrected chi connectivity index (χ4v) is 11.6. The Labute approximate surface area is 533 Å². The number of carboxylic acids is 1. The summed E-state index contributed by atoms with van der Waals surface area (Å²) in [6.07, 6.45) is 24.9. The molecule has 2 fully saturated rings. The van der Waals surface area contributed by atoms with Crippen LogP contribution in [0.4, 0.5) is 0 Å². The number of aliphatic hydroxyl groups is 7. The third-order valence-electron chi connectivity index (χ3n) is 16.9. The Morgan fingerprint density at radius 1 is 0.647 bits per heavy atom. The van der Waals surface area contributed by atoms with Crippen LogP contribution in [-0.4, -0.2) is 152 Å². The number of aliphatic hydroxyl groups excluding tert-OH is 7. The predicted octanol–water partition coefficient (Wildman–Crippen LogP) is 5.80. The Morgan fingerprint density at radius 2 is 1.11 bits per heavy atom. The van der Waals surface area contributed by atoms with Gasteiger partial charge in [0.25, 0.3) is 0 Å². The summed E-state index contributed by atoms with van der Waals surface area (Å²) in [6.45, 7) is 3.44. The maximum atomic E-state index is 13.6. The number of hydrogen-bond acceptors (Lipinski definition) is 16. The van der Waals surface area contributed by atoms with Gasteiger partial charge < -0.3 is 80.0 Å². The number of unbranched alkanes of at least 4 members (excludes halogenated alkanes) is 32. The van der Waals surface area contributed by atoms with Crippen LogP contribution in [0.5, 0.6) is 0 Å². The number of benzene rings is 1. The Hall–Kier alpha value is -1.85. The Balaban J connectivity index is 0.0000247. The summed E-state index contributed by atoms with van der Waals surface area (Å²) in [7, 11) is 0. The van der Waals surface area contributed by atoms with E-state index < -0.39 is 111 Å². The van der Waals surface area contributed by atoms with E-state index in [9.17, 15) is 55.2 Å². The van der Waals surface area contributed by atoms with E-state index in [-0.39, 0.29) is 55.1 Å². The molecule has 2 saturated heterocycles. The smallest absolute Gasteiger partial charge is 0.544 e. The molecule has 1 aromatic carbocycles. The number of carbonyl (C=O) groups excluding carboxylic acids is 3. The van der Waals surface area contributed by atoms with Crippen molar-refractivity contribution < 1.29 is 108 Å². The second-order valence-corrected chi connectivity index (χ2v) is 24.4. The van der Waals surface area contributed by atoms with Crippen LogP contribution in [0.25, 0.3) is 0 Å². The Morgan fingerprint density at radius 3 is 1.55 bits per heavy atom. The molecular weight excluding hydrogens is 1100 g/mol. The SMILES string of the molecule is CCCCCCCCCCCCCCCCCCCCCCCC(=O)N[C@@H](CO[C@H]1O[C@H](CO[C@]2(C(=O)[O-])C[C@H](O)[C@@H](NC(C)=O)[C@H]([C@H](O)[C@H](O)CO)O2)[C@H](O)[C@H](O)[C@H]1OCc1ccccc1)[C@H](O)CCCCCCCCCCCCCCC.[Na+]. The fraction of sp³-hybridized carbons (Fsp3) is 0.864. The number of ether oxygens (including phenoxy) is 5. The summed E-state index contributed by atoms with van der Waals surface area (Å²) in [5.74, 6) is -5.83. The normalized spacial score (nSPS) is 23.8. The Bertz CT molecular complexity index is 1810. The van der Waals surface area contributed by atoms with Crippen LogP contribution in [0.3, 0.4) is 0 Å². The minimum absolute atomic E-state index is 0. The van der Waals surface area contributed by atoms with Crippen molar-refractivity contribution in [1.29, 1.82) is 0 Å². The molecule has 9 N–H and O–H groups in total. The molecule has 0 spiro atoms. The van der Waals surface area contributed by atoms with Crippen molar-refractivity contribution in [2.75, 3.05) is 19.8 Å². The van der Waals surface area contributed by atoms with Crippen molar-refractivity contribution in [2.45, 2.75) is 344 Å². The molecule has 2 aliphatic heterocycles. The summed E-state index contributed by atoms with van der Waals surface area (Å²) in [5, 5.41) is 95.2. The second kappa shape index (κ2) is 48.9. The zero-order chi connectivity index (χ0) is 61.2. The molecule has 2 heterocycles. The molecule has 0 saturated carbocycles. The van der Waals surface area contributed by atoms with Gasteiger partial charge >= 0.3 is 29.6 Å². The molecule has 2 aliphatic rings. The van der Waals surface area contributed by atoms with Gasteiger partial charge in [-0.25, -0.2) is 0 Å². The minimum atomic E-state index is -2.88. The molecule has 0 aromatic heterocycles. The van der Waals surface area contributed by atoms with E-state index in [0.717, 1.165) is 57.4 Å². The molecule has 1 aromatic rings. The molecule has 3 rings (SSSR count). The zero-order valence-electron chi connectivity index (χ0n) is 53.1. The monoisotopic (exact) mass is 1220 g/mol. The topological polar surface area (TPSA) is 286 Å². The number of nitrogens with one attached hydrogen (secondary N) is 2. The molecule has 488 valence electrons. The maximum Gasteiger partial charge on any atom is 1.00 e. The molecular formula is C66H117N2NaO16. The molecule has 18 nitrogen and oxygen atoms in total. The molecule has 0 bridgehead atoms. The average Bonchev–Trinajstić information content (AvgIpc) is 1.49. The summed E-state index contributed by atoms with van der Waals surface area (Å²) in [5.41, 5.74) is 0.728. The molecule has 19 heteroatoms. The first-order valence-corrected chi connectivity index (χ1v) is 33.4. The van der Waals surface area contributed by atoms with Gasteiger partial charge in [0.15, 0.2) is 6.29 Å². The number of carboxylic acid groups (broad SMARTS) is 1. The van der Waals surface area contributed by atoms with E-state index in [4.69, 9.17) is 23.7 Å². The molecule has 85 heavy (non-hydrogen) atoms. The molecule has 13 atom stereocenters. The van der Waals surface area contributed by atoms with Crippen LogP contribution in [0.1, 0.15) is 264 Å². The van der Waals surface area contributed by atoms with Gasteiger partial charge in [0.05, 0.1) is 50.7 Å². The van der Waals surface area contributed by atoms with Crippen LogP contribution in [0.2, 0.25) is 0 Å². The first kappa shape index (κ1) is 79.2. The molecule has 0 radical (unpaired) electrons. The van der Waals surface area contributed by atoms with E-state index in [1.165, 1.54) is 167 Å². The maximum absolute atomic E-state index is 13.6. The van der Waals surface area contributed by atoms with Gasteiger partial charge in [-0.05, 0) is 18.4 Å². The quantitative estimate of drug-likeness (QED) is 0.0275. The van der Waals surface area contributed by atoms with Gasteiger partial charge in [0.2, 0.25) is 17.6 Å². The third kappa shape index (κ3) is 33.2. The predicted molar refractivity (Wildman–Crippen MR) is 323 cm³/mol. The van der Waals surface area contributed by atoms with Gasteiger partial charge in [-0.2, -0.15) is 0 Å². The van der Waals surface area contributed by atoms with Crippen molar-refractivity contribution in [1.82, 2.24) is 10.6 Å². The molecule has 2 amide bonds. The number of amides is 2. The van der Waals surface area contributed by atoms with Gasteiger partial charge in [0.1, 0.15) is 48.7 Å². The van der Waals surface area contributed by atoms with E-state index in [0.29, 0.717) is 12.8 Å². The van der Waals surface area contributed by atoms with Crippen LogP contribution in [0, 0.1) is 0 Å². The van der Waals surface area contributed by atoms with Gasteiger partial charge in [0, 0.05) is 19.8 Å². The number of carbonyl (C=O) groups is 3. The second-order valence-electron chi connectivity index (χ2n) is 24.4. The van der Waals surface area contributed by atoms with Gasteiger partial charge in [-0.15, -0.1) is 0 Å². The van der Waals surface area contributed by atoms with Crippen LogP contribution in [-0.2, 0) is 44.7 Å². The molecule has 0 unspecified atom stereocenters. The van der Waals surface area contributed by atoms with E-state index in [1.54, 1.807) is 24.3 Å². The van der Waals surface area contributed by atoms with Crippen LogP contribution in [0.15, 0.2) is 30.3 Å². The fourth-order valence-electron chi connectivity index (χ4n) is 11.6. The minimum Gasteiger partial charge on any atom is -0.544 e. The largest absolute Gasteiger partial charge is 1.00 e. The Kier molecular flexibility index (Phi) is 45.6. The standard InChI is InChI=1S/C66H118N2O16.Na/c1-4-6-8-10-12-14-16-18-19-20-21-22-23-24-25-27-29-31-33-35-40-44-57(74)68-52(53(71)43-39-34-32-30-28-26-17-15-13-11-9-7-5-2)48-81-64-63(80-47-51-41-37-36-38-42-51)61(77)60(76)56(83-64)49-82-66(65(78)79)45-54(72)58(67-50(3)70)62(84-66)59(75)55(73)46-69;/h36-38,41-42,52-56,58-64,69,71-73,75-77H,4-35,39-40,43-49H2,1-3H3,(H,67,70)(H,68,74)(H,78,79);/q;+1/p-1/t52-,53+,54-,55+,56+,58+,59+,60-,61-,62+,63+,64-,66+;/m0./s1. The summed E-state index contributed by atoms with van der Waals surface area (Å²) in [6, 6.07) is 6.67. The van der Waals surface area contributed by atoms with Crippen molar-refractivity contribution in [3.8, 4) is 0 Å². The first-order valence-electron chi connectivity index (χ1n) is 33.4. The van der Waals surface area contributed by atoms with Crippen molar-refractivity contribution >= 4 is 17.8 Å². The zero-order valence-corrected chi connectivity index (χ0v) is 55.1. The third-order valence-corrected chi connectivity index (χ3v) is 16.9. The number of hydrogen-bond donors (Lipinski definition) is 9. The van der Waals surface area contributed by atoms with E-state index in [1.807, 2.05) is 6.07 Å². The van der Waals surface area contributed by atoms with Crippen molar-refractivity contribution in [2.24, 2.45) is 0 Å². The van der Waals surface area contributed by atoms with Gasteiger partial charge in [-0.1, -0.05) is 256 Å². The van der Waals surface area contributed by atoms with Crippen molar-refractivity contribution in [3.63, 3.8) is 0 Å². The number of aliphatic carboxylic acids is 1. The first-order chi connectivity index (χ1) is 40.7. The van der Waals surface area contributed by atoms with E-state index >= 15 is 0 Å².